The Kier molecular flexibility index (Phi) is 2.01. The molecule has 0 unspecified atom stereocenters. The highest BCUT2D eigenvalue weighted by atomic mass is 19.2. The third-order valence-corrected chi connectivity index (χ3v) is 1.73. The molecule has 1 aliphatic rings. The van der Waals surface area contributed by atoms with Crippen LogP contribution in [0.2, 0.25) is 0 Å². The minimum Gasteiger partial charge on any atom is -0.328 e. The zero-order valence-electron chi connectivity index (χ0n) is 5.19. The molecule has 0 aromatic heterocycles. The first-order chi connectivity index (χ1) is 4.20. The first-order valence-electron chi connectivity index (χ1n) is 3.24. The van der Waals surface area contributed by atoms with Crippen LogP contribution in [-0.2, 0) is 0 Å². The molecule has 3 heteroatoms. The molecule has 0 aromatic carbocycles. The van der Waals surface area contributed by atoms with Crippen molar-refractivity contribution in [1.29, 1.82) is 0 Å². The smallest absolute Gasteiger partial charge is 0.133 e. The number of halogens is 2. The van der Waals surface area contributed by atoms with Crippen LogP contribution in [0.15, 0.2) is 0 Å². The Morgan fingerprint density at radius 1 is 1.11 bits per heavy atom. The van der Waals surface area contributed by atoms with Crippen molar-refractivity contribution in [2.75, 3.05) is 0 Å². The van der Waals surface area contributed by atoms with Gasteiger partial charge in [0.15, 0.2) is 0 Å². The molecule has 1 aliphatic carbocycles. The second-order valence-corrected chi connectivity index (χ2v) is 2.61. The molecule has 0 heterocycles. The maximum Gasteiger partial charge on any atom is 0.133 e. The summed E-state index contributed by atoms with van der Waals surface area (Å²) >= 11 is 0. The Balaban J connectivity index is 2.35. The van der Waals surface area contributed by atoms with Gasteiger partial charge in [-0.15, -0.1) is 0 Å². The Morgan fingerprint density at radius 2 is 1.78 bits per heavy atom. The van der Waals surface area contributed by atoms with E-state index in [1.807, 2.05) is 0 Å². The highest BCUT2D eigenvalue weighted by Crippen LogP contribution is 2.22. The van der Waals surface area contributed by atoms with E-state index in [0.717, 1.165) is 0 Å². The molecular weight excluding hydrogens is 124 g/mol. The van der Waals surface area contributed by atoms with E-state index in [9.17, 15) is 8.78 Å². The van der Waals surface area contributed by atoms with Gasteiger partial charge in [0, 0.05) is 6.04 Å². The molecule has 1 saturated carbocycles. The quantitative estimate of drug-likeness (QED) is 0.530. The molecule has 0 aliphatic heterocycles. The van der Waals surface area contributed by atoms with Crippen LogP contribution in [0.4, 0.5) is 8.78 Å². The summed E-state index contributed by atoms with van der Waals surface area (Å²) in [5, 5.41) is 0. The minimum atomic E-state index is -1.31. The van der Waals surface area contributed by atoms with Gasteiger partial charge in [0.25, 0.3) is 0 Å². The summed E-state index contributed by atoms with van der Waals surface area (Å²) in [7, 11) is 0. The molecule has 54 valence electrons. The van der Waals surface area contributed by atoms with Gasteiger partial charge in [-0.05, 0) is 19.3 Å². The molecule has 9 heavy (non-hydrogen) atoms. The van der Waals surface area contributed by atoms with E-state index in [1.165, 1.54) is 0 Å². The monoisotopic (exact) mass is 135 g/mol. The Hall–Kier alpha value is -0.180. The molecule has 0 spiro atoms. The molecule has 3 atom stereocenters. The lowest BCUT2D eigenvalue weighted by Crippen LogP contribution is -2.35. The van der Waals surface area contributed by atoms with Gasteiger partial charge in [0.1, 0.15) is 12.3 Å². The molecule has 0 amide bonds. The maximum absolute atomic E-state index is 12.4. The summed E-state index contributed by atoms with van der Waals surface area (Å²) in [6.45, 7) is 0. The van der Waals surface area contributed by atoms with E-state index in [0.29, 0.717) is 12.8 Å². The van der Waals surface area contributed by atoms with Crippen LogP contribution in [0.25, 0.3) is 0 Å². The third-order valence-electron chi connectivity index (χ3n) is 1.73. The Bertz CT molecular complexity index is 97.1. The standard InChI is InChI=1S/C6H11F2N/c7-5-2-1-4(9)3-6(5)8/h4-6H,1-3,9H2/t4-,5-,6+/m1/s1. The van der Waals surface area contributed by atoms with Gasteiger partial charge in [-0.3, -0.25) is 0 Å². The molecule has 2 N–H and O–H groups in total. The summed E-state index contributed by atoms with van der Waals surface area (Å²) in [4.78, 5) is 0. The van der Waals surface area contributed by atoms with E-state index in [-0.39, 0.29) is 12.5 Å². The number of hydrogen-bond acceptors (Lipinski definition) is 1. The molecule has 0 bridgehead atoms. The maximum atomic E-state index is 12.4. The minimum absolute atomic E-state index is 0.119. The SMILES string of the molecule is N[C@@H]1CC[C@@H](F)[C@@H](F)C1. The van der Waals surface area contributed by atoms with Crippen molar-refractivity contribution in [3.05, 3.63) is 0 Å². The van der Waals surface area contributed by atoms with Crippen LogP contribution >= 0.6 is 0 Å². The van der Waals surface area contributed by atoms with Crippen molar-refractivity contribution in [3.8, 4) is 0 Å². The van der Waals surface area contributed by atoms with E-state index < -0.39 is 12.3 Å². The van der Waals surface area contributed by atoms with Crippen molar-refractivity contribution in [3.63, 3.8) is 0 Å². The predicted octanol–water partition coefficient (Wildman–Crippen LogP) is 1.17. The topological polar surface area (TPSA) is 26.0 Å². The van der Waals surface area contributed by atoms with Crippen molar-refractivity contribution in [2.24, 2.45) is 5.73 Å². The average Bonchev–Trinajstić information content (AvgIpc) is 1.80. The van der Waals surface area contributed by atoms with E-state index in [2.05, 4.69) is 0 Å². The predicted molar refractivity (Wildman–Crippen MR) is 31.6 cm³/mol. The highest BCUT2D eigenvalue weighted by Gasteiger charge is 2.28. The van der Waals surface area contributed by atoms with E-state index in [4.69, 9.17) is 5.73 Å². The van der Waals surface area contributed by atoms with Gasteiger partial charge in [0.05, 0.1) is 0 Å². The van der Waals surface area contributed by atoms with Crippen LogP contribution in [-0.4, -0.2) is 18.4 Å². The lowest BCUT2D eigenvalue weighted by Gasteiger charge is -2.23. The normalized spacial score (nSPS) is 45.0. The van der Waals surface area contributed by atoms with Gasteiger partial charge < -0.3 is 5.73 Å². The fraction of sp³-hybridized carbons (Fsp3) is 1.00. The molecular formula is C6H11F2N. The first kappa shape index (κ1) is 6.93. The number of rotatable bonds is 0. The zero-order chi connectivity index (χ0) is 6.85. The molecule has 0 saturated heterocycles. The number of hydrogen-bond donors (Lipinski definition) is 1. The number of nitrogens with two attached hydrogens (primary N) is 1. The largest absolute Gasteiger partial charge is 0.328 e. The first-order valence-corrected chi connectivity index (χ1v) is 3.24. The van der Waals surface area contributed by atoms with Gasteiger partial charge >= 0.3 is 0 Å². The Morgan fingerprint density at radius 3 is 2.22 bits per heavy atom. The number of alkyl halides is 2. The third kappa shape index (κ3) is 1.61. The summed E-state index contributed by atoms with van der Waals surface area (Å²) in [6, 6.07) is -0.119. The molecule has 1 nitrogen and oxygen atoms in total. The molecule has 1 fully saturated rings. The lowest BCUT2D eigenvalue weighted by molar-refractivity contribution is 0.109. The molecule has 1 rings (SSSR count). The zero-order valence-corrected chi connectivity index (χ0v) is 5.19. The lowest BCUT2D eigenvalue weighted by atomic mass is 9.93. The van der Waals surface area contributed by atoms with Crippen molar-refractivity contribution >= 4 is 0 Å². The van der Waals surface area contributed by atoms with Crippen molar-refractivity contribution in [1.82, 2.24) is 0 Å². The Labute approximate surface area is 53.2 Å². The average molecular weight is 135 g/mol. The van der Waals surface area contributed by atoms with Gasteiger partial charge in [-0.1, -0.05) is 0 Å². The summed E-state index contributed by atoms with van der Waals surface area (Å²) < 4.78 is 24.7. The highest BCUT2D eigenvalue weighted by molar-refractivity contribution is 4.81. The fourth-order valence-electron chi connectivity index (χ4n) is 1.11. The summed E-state index contributed by atoms with van der Waals surface area (Å²) in [5.74, 6) is 0. The van der Waals surface area contributed by atoms with E-state index >= 15 is 0 Å². The van der Waals surface area contributed by atoms with Crippen LogP contribution in [0.5, 0.6) is 0 Å². The second-order valence-electron chi connectivity index (χ2n) is 2.61. The summed E-state index contributed by atoms with van der Waals surface area (Å²) in [6.07, 6.45) is -1.45. The van der Waals surface area contributed by atoms with E-state index in [1.54, 1.807) is 0 Å². The van der Waals surface area contributed by atoms with Gasteiger partial charge in [-0.2, -0.15) is 0 Å². The molecule has 0 aromatic rings. The molecule has 0 radical (unpaired) electrons. The van der Waals surface area contributed by atoms with Crippen LogP contribution in [0, 0.1) is 0 Å². The van der Waals surface area contributed by atoms with Crippen molar-refractivity contribution in [2.45, 2.75) is 37.6 Å². The summed E-state index contributed by atoms with van der Waals surface area (Å²) in [5.41, 5.74) is 5.38. The van der Waals surface area contributed by atoms with Gasteiger partial charge in [0.2, 0.25) is 0 Å². The van der Waals surface area contributed by atoms with Crippen LogP contribution < -0.4 is 5.73 Å². The van der Waals surface area contributed by atoms with Gasteiger partial charge in [-0.25, -0.2) is 8.78 Å². The van der Waals surface area contributed by atoms with Crippen molar-refractivity contribution < 1.29 is 8.78 Å². The second kappa shape index (κ2) is 2.60. The van der Waals surface area contributed by atoms with Crippen LogP contribution in [0.1, 0.15) is 19.3 Å². The fourth-order valence-corrected chi connectivity index (χ4v) is 1.11. The van der Waals surface area contributed by atoms with Crippen LogP contribution in [0.3, 0.4) is 0 Å².